The molecule has 0 aliphatic heterocycles. The SMILES string of the molecule is COC(=O)C(C)Oc1ccc(Br)cc1CNCC(C)C. The largest absolute Gasteiger partial charge is 0.479 e. The van der Waals surface area contributed by atoms with Crippen molar-refractivity contribution < 1.29 is 14.3 Å². The molecule has 0 saturated heterocycles. The van der Waals surface area contributed by atoms with Gasteiger partial charge in [0, 0.05) is 16.6 Å². The van der Waals surface area contributed by atoms with E-state index in [4.69, 9.17) is 4.74 Å². The Morgan fingerprint density at radius 1 is 1.35 bits per heavy atom. The molecule has 20 heavy (non-hydrogen) atoms. The molecule has 0 saturated carbocycles. The molecule has 0 radical (unpaired) electrons. The average molecular weight is 344 g/mol. The van der Waals surface area contributed by atoms with E-state index >= 15 is 0 Å². The van der Waals surface area contributed by atoms with Gasteiger partial charge in [0.15, 0.2) is 6.10 Å². The zero-order valence-electron chi connectivity index (χ0n) is 12.4. The minimum atomic E-state index is -0.620. The van der Waals surface area contributed by atoms with E-state index in [9.17, 15) is 4.79 Å². The van der Waals surface area contributed by atoms with Crippen molar-refractivity contribution in [1.29, 1.82) is 0 Å². The molecule has 0 heterocycles. The van der Waals surface area contributed by atoms with Crippen LogP contribution >= 0.6 is 15.9 Å². The number of hydrogen-bond donors (Lipinski definition) is 1. The van der Waals surface area contributed by atoms with Crippen molar-refractivity contribution in [2.45, 2.75) is 33.4 Å². The van der Waals surface area contributed by atoms with E-state index in [-0.39, 0.29) is 5.97 Å². The van der Waals surface area contributed by atoms with E-state index in [1.807, 2.05) is 18.2 Å². The summed E-state index contributed by atoms with van der Waals surface area (Å²) in [6.45, 7) is 7.62. The summed E-state index contributed by atoms with van der Waals surface area (Å²) < 4.78 is 11.3. The van der Waals surface area contributed by atoms with Crippen LogP contribution in [0.2, 0.25) is 0 Å². The quantitative estimate of drug-likeness (QED) is 0.772. The van der Waals surface area contributed by atoms with Crippen LogP contribution in [-0.4, -0.2) is 25.7 Å². The third-order valence-electron chi connectivity index (χ3n) is 2.73. The number of ether oxygens (including phenoxy) is 2. The highest BCUT2D eigenvalue weighted by Crippen LogP contribution is 2.24. The van der Waals surface area contributed by atoms with Crippen molar-refractivity contribution in [3.05, 3.63) is 28.2 Å². The summed E-state index contributed by atoms with van der Waals surface area (Å²) in [7, 11) is 1.36. The Morgan fingerprint density at radius 3 is 2.65 bits per heavy atom. The molecule has 5 heteroatoms. The fourth-order valence-electron chi connectivity index (χ4n) is 1.70. The van der Waals surface area contributed by atoms with Crippen molar-refractivity contribution in [2.75, 3.05) is 13.7 Å². The molecule has 1 atom stereocenters. The third-order valence-corrected chi connectivity index (χ3v) is 3.22. The maximum absolute atomic E-state index is 11.4. The second-order valence-electron chi connectivity index (χ2n) is 5.06. The number of hydrogen-bond acceptors (Lipinski definition) is 4. The number of esters is 1. The van der Waals surface area contributed by atoms with E-state index < -0.39 is 6.10 Å². The molecule has 1 rings (SSSR count). The van der Waals surface area contributed by atoms with E-state index in [2.05, 4.69) is 39.8 Å². The molecule has 0 aliphatic rings. The average Bonchev–Trinajstić information content (AvgIpc) is 2.40. The van der Waals surface area contributed by atoms with Crippen LogP contribution in [0.1, 0.15) is 26.3 Å². The van der Waals surface area contributed by atoms with Gasteiger partial charge in [-0.25, -0.2) is 4.79 Å². The van der Waals surface area contributed by atoms with Crippen LogP contribution in [0.5, 0.6) is 5.75 Å². The summed E-state index contributed by atoms with van der Waals surface area (Å²) in [5.41, 5.74) is 1.01. The van der Waals surface area contributed by atoms with Gasteiger partial charge in [-0.15, -0.1) is 0 Å². The van der Waals surface area contributed by atoms with Crippen LogP contribution in [0.25, 0.3) is 0 Å². The fraction of sp³-hybridized carbons (Fsp3) is 0.533. The van der Waals surface area contributed by atoms with Crippen LogP contribution in [-0.2, 0) is 16.1 Å². The molecule has 0 aromatic heterocycles. The smallest absolute Gasteiger partial charge is 0.346 e. The molecule has 0 aliphatic carbocycles. The molecule has 0 bridgehead atoms. The molecular weight excluding hydrogens is 322 g/mol. The first-order valence-electron chi connectivity index (χ1n) is 6.67. The van der Waals surface area contributed by atoms with Gasteiger partial charge in [0.05, 0.1) is 7.11 Å². The number of methoxy groups -OCH3 is 1. The van der Waals surface area contributed by atoms with Crippen molar-refractivity contribution >= 4 is 21.9 Å². The molecule has 1 aromatic carbocycles. The van der Waals surface area contributed by atoms with Gasteiger partial charge in [0.25, 0.3) is 0 Å². The molecule has 1 aromatic rings. The van der Waals surface area contributed by atoms with Crippen LogP contribution in [0, 0.1) is 5.92 Å². The maximum atomic E-state index is 11.4. The summed E-state index contributed by atoms with van der Waals surface area (Å²) in [6, 6.07) is 5.74. The van der Waals surface area contributed by atoms with E-state index in [0.717, 1.165) is 16.6 Å². The molecule has 0 amide bonds. The number of rotatable bonds is 7. The van der Waals surface area contributed by atoms with Gasteiger partial charge >= 0.3 is 5.97 Å². The van der Waals surface area contributed by atoms with Gasteiger partial charge in [-0.2, -0.15) is 0 Å². The summed E-state index contributed by atoms with van der Waals surface area (Å²) in [5, 5.41) is 3.37. The number of halogens is 1. The second kappa shape index (κ2) is 8.27. The Kier molecular flexibility index (Phi) is 7.02. The second-order valence-corrected chi connectivity index (χ2v) is 5.98. The Morgan fingerprint density at radius 2 is 2.05 bits per heavy atom. The number of carbonyl (C=O) groups is 1. The van der Waals surface area contributed by atoms with Crippen molar-refractivity contribution in [2.24, 2.45) is 5.92 Å². The zero-order chi connectivity index (χ0) is 15.1. The van der Waals surface area contributed by atoms with Gasteiger partial charge in [-0.1, -0.05) is 29.8 Å². The van der Waals surface area contributed by atoms with Crippen LogP contribution in [0.4, 0.5) is 0 Å². The fourth-order valence-corrected chi connectivity index (χ4v) is 2.11. The lowest BCUT2D eigenvalue weighted by atomic mass is 10.1. The predicted molar refractivity (Wildman–Crippen MR) is 82.8 cm³/mol. The first-order chi connectivity index (χ1) is 9.43. The van der Waals surface area contributed by atoms with Gasteiger partial charge in [0.1, 0.15) is 5.75 Å². The first kappa shape index (κ1) is 17.0. The Labute approximate surface area is 129 Å². The van der Waals surface area contributed by atoms with Gasteiger partial charge in [0.2, 0.25) is 0 Å². The third kappa shape index (κ3) is 5.51. The normalized spacial score (nSPS) is 12.3. The van der Waals surface area contributed by atoms with Crippen LogP contribution in [0.3, 0.4) is 0 Å². The first-order valence-corrected chi connectivity index (χ1v) is 7.47. The standard InChI is InChI=1S/C15H22BrNO3/c1-10(2)8-17-9-12-7-13(16)5-6-14(12)20-11(3)15(18)19-4/h5-7,10-11,17H,8-9H2,1-4H3. The number of benzene rings is 1. The van der Waals surface area contributed by atoms with Crippen molar-refractivity contribution in [3.63, 3.8) is 0 Å². The number of carbonyl (C=O) groups excluding carboxylic acids is 1. The molecule has 112 valence electrons. The zero-order valence-corrected chi connectivity index (χ0v) is 14.0. The van der Waals surface area contributed by atoms with Gasteiger partial charge in [-0.05, 0) is 37.6 Å². The molecular formula is C15H22BrNO3. The molecule has 1 unspecified atom stereocenters. The molecule has 4 nitrogen and oxygen atoms in total. The van der Waals surface area contributed by atoms with E-state index in [1.54, 1.807) is 6.92 Å². The highest BCUT2D eigenvalue weighted by molar-refractivity contribution is 9.10. The Hall–Kier alpha value is -1.07. The lowest BCUT2D eigenvalue weighted by Crippen LogP contribution is -2.26. The number of nitrogens with one attached hydrogen (secondary N) is 1. The van der Waals surface area contributed by atoms with Gasteiger partial charge < -0.3 is 14.8 Å². The summed E-state index contributed by atoms with van der Waals surface area (Å²) in [5.74, 6) is 0.900. The highest BCUT2D eigenvalue weighted by Gasteiger charge is 2.16. The lowest BCUT2D eigenvalue weighted by molar-refractivity contribution is -0.147. The monoisotopic (exact) mass is 343 g/mol. The van der Waals surface area contributed by atoms with Crippen LogP contribution in [0.15, 0.2) is 22.7 Å². The molecule has 0 fully saturated rings. The Balaban J connectivity index is 2.76. The van der Waals surface area contributed by atoms with Crippen LogP contribution < -0.4 is 10.1 Å². The summed E-state index contributed by atoms with van der Waals surface area (Å²) >= 11 is 3.45. The van der Waals surface area contributed by atoms with Crippen molar-refractivity contribution in [1.82, 2.24) is 5.32 Å². The molecule has 1 N–H and O–H groups in total. The Bertz CT molecular complexity index is 449. The maximum Gasteiger partial charge on any atom is 0.346 e. The lowest BCUT2D eigenvalue weighted by Gasteiger charge is -2.17. The summed E-state index contributed by atoms with van der Waals surface area (Å²) in [6.07, 6.45) is -0.620. The minimum Gasteiger partial charge on any atom is -0.479 e. The predicted octanol–water partition coefficient (Wildman–Crippen LogP) is 3.14. The van der Waals surface area contributed by atoms with E-state index in [0.29, 0.717) is 18.2 Å². The highest BCUT2D eigenvalue weighted by atomic mass is 79.9. The van der Waals surface area contributed by atoms with Gasteiger partial charge in [-0.3, -0.25) is 0 Å². The van der Waals surface area contributed by atoms with E-state index in [1.165, 1.54) is 7.11 Å². The summed E-state index contributed by atoms with van der Waals surface area (Å²) in [4.78, 5) is 11.4. The topological polar surface area (TPSA) is 47.6 Å². The molecule has 0 spiro atoms. The van der Waals surface area contributed by atoms with Crippen molar-refractivity contribution in [3.8, 4) is 5.75 Å². The minimum absolute atomic E-state index is 0.381.